The number of benzene rings is 1. The maximum atomic E-state index is 11.8. The lowest BCUT2D eigenvalue weighted by atomic mass is 10.0. The van der Waals surface area contributed by atoms with E-state index in [1.165, 1.54) is 0 Å². The second-order valence-corrected chi connectivity index (χ2v) is 5.39. The van der Waals surface area contributed by atoms with Gasteiger partial charge in [-0.1, -0.05) is 18.2 Å². The molecule has 1 amide bonds. The first-order chi connectivity index (χ1) is 10.8. The van der Waals surface area contributed by atoms with Crippen LogP contribution in [0.2, 0.25) is 0 Å². The average Bonchev–Trinajstić information content (AvgIpc) is 2.48. The molecule has 126 valence electrons. The van der Waals surface area contributed by atoms with Crippen LogP contribution in [0.15, 0.2) is 18.2 Å². The Bertz CT molecular complexity index is 582. The van der Waals surface area contributed by atoms with Gasteiger partial charge in [-0.05, 0) is 37.5 Å². The number of rotatable bonds is 8. The lowest BCUT2D eigenvalue weighted by Crippen LogP contribution is -2.42. The highest BCUT2D eigenvalue weighted by atomic mass is 16.5. The number of amides is 1. The van der Waals surface area contributed by atoms with Gasteiger partial charge in [0.1, 0.15) is 6.04 Å². The molecule has 1 atom stereocenters. The van der Waals surface area contributed by atoms with Crippen LogP contribution in [0, 0.1) is 13.8 Å². The number of carbonyl (C=O) groups is 3. The van der Waals surface area contributed by atoms with E-state index in [0.29, 0.717) is 0 Å². The molecule has 1 aromatic rings. The molecule has 0 aromatic heterocycles. The van der Waals surface area contributed by atoms with Crippen LogP contribution in [0.4, 0.5) is 0 Å². The topological polar surface area (TPSA) is 92.7 Å². The van der Waals surface area contributed by atoms with E-state index in [9.17, 15) is 19.5 Å². The molecule has 1 aromatic carbocycles. The van der Waals surface area contributed by atoms with Gasteiger partial charge in [-0.15, -0.1) is 0 Å². The SMILES string of the molecule is CCOC(=O)CCC(=O)N[C@@H](Cc1ccc(C)c(C)c1)C(=O)O. The van der Waals surface area contributed by atoms with E-state index in [-0.39, 0.29) is 25.9 Å². The zero-order valence-corrected chi connectivity index (χ0v) is 13.7. The minimum absolute atomic E-state index is 0.0599. The second kappa shape index (κ2) is 8.92. The third-order valence-electron chi connectivity index (χ3n) is 3.51. The maximum Gasteiger partial charge on any atom is 0.326 e. The number of aryl methyl sites for hydroxylation is 2. The minimum Gasteiger partial charge on any atom is -0.480 e. The van der Waals surface area contributed by atoms with Crippen molar-refractivity contribution in [2.24, 2.45) is 0 Å². The fourth-order valence-electron chi connectivity index (χ4n) is 2.08. The van der Waals surface area contributed by atoms with E-state index in [2.05, 4.69) is 5.32 Å². The number of esters is 1. The zero-order valence-electron chi connectivity index (χ0n) is 13.7. The van der Waals surface area contributed by atoms with E-state index >= 15 is 0 Å². The molecule has 6 nitrogen and oxygen atoms in total. The monoisotopic (exact) mass is 321 g/mol. The fraction of sp³-hybridized carbons (Fsp3) is 0.471. The number of carboxylic acids is 1. The second-order valence-electron chi connectivity index (χ2n) is 5.39. The van der Waals surface area contributed by atoms with E-state index < -0.39 is 23.9 Å². The Balaban J connectivity index is 2.61. The normalized spacial score (nSPS) is 11.6. The quantitative estimate of drug-likeness (QED) is 0.712. The Hall–Kier alpha value is -2.37. The van der Waals surface area contributed by atoms with Gasteiger partial charge in [0.15, 0.2) is 0 Å². The highest BCUT2D eigenvalue weighted by Crippen LogP contribution is 2.12. The van der Waals surface area contributed by atoms with Gasteiger partial charge in [0, 0.05) is 12.8 Å². The summed E-state index contributed by atoms with van der Waals surface area (Å²) >= 11 is 0. The van der Waals surface area contributed by atoms with Gasteiger partial charge in [-0.2, -0.15) is 0 Å². The highest BCUT2D eigenvalue weighted by Gasteiger charge is 2.21. The van der Waals surface area contributed by atoms with Gasteiger partial charge < -0.3 is 15.2 Å². The summed E-state index contributed by atoms with van der Waals surface area (Å²) in [5, 5.41) is 11.7. The lowest BCUT2D eigenvalue weighted by molar-refractivity contribution is -0.144. The Morgan fingerprint density at radius 1 is 1.17 bits per heavy atom. The number of ether oxygens (including phenoxy) is 1. The first-order valence-corrected chi connectivity index (χ1v) is 7.57. The van der Waals surface area contributed by atoms with Crippen LogP contribution in [0.25, 0.3) is 0 Å². The van der Waals surface area contributed by atoms with Gasteiger partial charge in [-0.25, -0.2) is 4.79 Å². The fourth-order valence-corrected chi connectivity index (χ4v) is 2.08. The highest BCUT2D eigenvalue weighted by molar-refractivity contribution is 5.85. The molecule has 0 fully saturated rings. The number of carbonyl (C=O) groups excluding carboxylic acids is 2. The van der Waals surface area contributed by atoms with Crippen molar-refractivity contribution >= 4 is 17.8 Å². The summed E-state index contributed by atoms with van der Waals surface area (Å²) in [5.74, 6) is -2.05. The van der Waals surface area contributed by atoms with Crippen molar-refractivity contribution < 1.29 is 24.2 Å². The van der Waals surface area contributed by atoms with Crippen LogP contribution in [-0.4, -0.2) is 35.6 Å². The van der Waals surface area contributed by atoms with Crippen molar-refractivity contribution in [1.29, 1.82) is 0 Å². The van der Waals surface area contributed by atoms with Crippen LogP contribution in [-0.2, 0) is 25.5 Å². The molecule has 0 aliphatic heterocycles. The van der Waals surface area contributed by atoms with Gasteiger partial charge in [0.05, 0.1) is 13.0 Å². The van der Waals surface area contributed by atoms with E-state index in [0.717, 1.165) is 16.7 Å². The molecule has 1 rings (SSSR count). The zero-order chi connectivity index (χ0) is 17.4. The van der Waals surface area contributed by atoms with Gasteiger partial charge in [0.2, 0.25) is 5.91 Å². The minimum atomic E-state index is -1.10. The van der Waals surface area contributed by atoms with Crippen molar-refractivity contribution in [3.8, 4) is 0 Å². The first kappa shape index (κ1) is 18.7. The van der Waals surface area contributed by atoms with E-state index in [1.807, 2.05) is 32.0 Å². The summed E-state index contributed by atoms with van der Waals surface area (Å²) in [6, 6.07) is 4.66. The summed E-state index contributed by atoms with van der Waals surface area (Å²) in [4.78, 5) is 34.3. The van der Waals surface area contributed by atoms with Crippen LogP contribution >= 0.6 is 0 Å². The molecule has 0 spiro atoms. The third-order valence-corrected chi connectivity index (χ3v) is 3.51. The molecule has 0 bridgehead atoms. The number of hydrogen-bond donors (Lipinski definition) is 2. The van der Waals surface area contributed by atoms with Crippen LogP contribution in [0.3, 0.4) is 0 Å². The predicted molar refractivity (Wildman–Crippen MR) is 85.1 cm³/mol. The number of aliphatic carboxylic acids is 1. The summed E-state index contributed by atoms with van der Waals surface area (Å²) in [6.45, 7) is 5.87. The number of carboxylic acid groups (broad SMARTS) is 1. The van der Waals surface area contributed by atoms with Gasteiger partial charge in [-0.3, -0.25) is 9.59 Å². The Morgan fingerprint density at radius 2 is 1.87 bits per heavy atom. The van der Waals surface area contributed by atoms with Gasteiger partial charge in [0.25, 0.3) is 0 Å². The number of nitrogens with one attached hydrogen (secondary N) is 1. The summed E-state index contributed by atoms with van der Waals surface area (Å²) in [6.07, 6.45) is 0.0484. The van der Waals surface area contributed by atoms with Crippen LogP contribution < -0.4 is 5.32 Å². The van der Waals surface area contributed by atoms with Crippen molar-refractivity contribution in [2.45, 2.75) is 46.1 Å². The molecular weight excluding hydrogens is 298 g/mol. The molecule has 0 radical (unpaired) electrons. The molecule has 0 unspecified atom stereocenters. The van der Waals surface area contributed by atoms with Crippen molar-refractivity contribution in [2.75, 3.05) is 6.61 Å². The van der Waals surface area contributed by atoms with Crippen LogP contribution in [0.1, 0.15) is 36.5 Å². The Morgan fingerprint density at radius 3 is 2.43 bits per heavy atom. The Kier molecular flexibility index (Phi) is 7.25. The Labute approximate surface area is 135 Å². The molecule has 6 heteroatoms. The van der Waals surface area contributed by atoms with E-state index in [4.69, 9.17) is 4.74 Å². The van der Waals surface area contributed by atoms with Crippen LogP contribution in [0.5, 0.6) is 0 Å². The molecular formula is C17H23NO5. The summed E-state index contributed by atoms with van der Waals surface area (Å²) in [7, 11) is 0. The van der Waals surface area contributed by atoms with Crippen molar-refractivity contribution in [1.82, 2.24) is 5.32 Å². The maximum absolute atomic E-state index is 11.8. The largest absolute Gasteiger partial charge is 0.480 e. The molecule has 23 heavy (non-hydrogen) atoms. The first-order valence-electron chi connectivity index (χ1n) is 7.57. The molecule has 0 aliphatic rings. The third kappa shape index (κ3) is 6.50. The summed E-state index contributed by atoms with van der Waals surface area (Å²) < 4.78 is 4.73. The summed E-state index contributed by atoms with van der Waals surface area (Å²) in [5.41, 5.74) is 3.03. The van der Waals surface area contributed by atoms with Crippen molar-refractivity contribution in [3.63, 3.8) is 0 Å². The predicted octanol–water partition coefficient (Wildman–Crippen LogP) is 1.76. The van der Waals surface area contributed by atoms with Gasteiger partial charge >= 0.3 is 11.9 Å². The smallest absolute Gasteiger partial charge is 0.326 e. The molecule has 0 saturated heterocycles. The lowest BCUT2D eigenvalue weighted by Gasteiger charge is -2.15. The van der Waals surface area contributed by atoms with E-state index in [1.54, 1.807) is 6.92 Å². The number of hydrogen-bond acceptors (Lipinski definition) is 4. The molecule has 0 aliphatic carbocycles. The molecule has 0 saturated carbocycles. The van der Waals surface area contributed by atoms with Crippen molar-refractivity contribution in [3.05, 3.63) is 34.9 Å². The average molecular weight is 321 g/mol. The molecule has 0 heterocycles. The standard InChI is InChI=1S/C17H23NO5/c1-4-23-16(20)8-7-15(19)18-14(17(21)22)10-13-6-5-11(2)12(3)9-13/h5-6,9,14H,4,7-8,10H2,1-3H3,(H,18,19)(H,21,22)/t14-/m0/s1. The molecule has 2 N–H and O–H groups in total.